The summed E-state index contributed by atoms with van der Waals surface area (Å²) in [6, 6.07) is 0. The highest BCUT2D eigenvalue weighted by Gasteiger charge is 2.11. The molecule has 0 spiro atoms. The molecule has 5 nitrogen and oxygen atoms in total. The second kappa shape index (κ2) is 7.40. The molecule has 1 rings (SSSR count). The molecule has 1 heterocycles. The van der Waals surface area contributed by atoms with Crippen LogP contribution in [0.1, 0.15) is 38.8 Å². The fourth-order valence-electron chi connectivity index (χ4n) is 1.69. The minimum Gasteiger partial charge on any atom is -0.390 e. The number of aliphatic hydroxyl groups excluding tert-OH is 1. The molecule has 17 heavy (non-hydrogen) atoms. The van der Waals surface area contributed by atoms with Crippen LogP contribution in [0.2, 0.25) is 0 Å². The number of nitrogens with zero attached hydrogens (tertiary/aromatic N) is 3. The number of hydrogen-bond donors (Lipinski definition) is 2. The van der Waals surface area contributed by atoms with Gasteiger partial charge in [-0.1, -0.05) is 20.8 Å². The molecule has 0 saturated heterocycles. The fourth-order valence-corrected chi connectivity index (χ4v) is 1.69. The zero-order valence-corrected chi connectivity index (χ0v) is 11.1. The maximum Gasteiger partial charge on any atom is 0.150 e. The minimum absolute atomic E-state index is 0.404. The molecule has 1 aromatic rings. The quantitative estimate of drug-likeness (QED) is 0.659. The predicted octanol–water partition coefficient (Wildman–Crippen LogP) is 0.763. The number of aliphatic hydroxyl groups is 1. The van der Waals surface area contributed by atoms with Crippen molar-refractivity contribution in [1.29, 1.82) is 0 Å². The Morgan fingerprint density at radius 1 is 1.29 bits per heavy atom. The molecular weight excluding hydrogens is 216 g/mol. The molecule has 2 N–H and O–H groups in total. The van der Waals surface area contributed by atoms with Gasteiger partial charge in [-0.25, -0.2) is 9.67 Å². The first-order chi connectivity index (χ1) is 8.21. The van der Waals surface area contributed by atoms with Gasteiger partial charge >= 0.3 is 0 Å². The van der Waals surface area contributed by atoms with Gasteiger partial charge in [-0.3, -0.25) is 0 Å². The lowest BCUT2D eigenvalue weighted by molar-refractivity contribution is 0.145. The van der Waals surface area contributed by atoms with Crippen LogP contribution in [-0.4, -0.2) is 39.1 Å². The molecule has 1 unspecified atom stereocenters. The van der Waals surface area contributed by atoms with Crippen LogP contribution in [0.25, 0.3) is 0 Å². The van der Waals surface area contributed by atoms with Gasteiger partial charge in [0.2, 0.25) is 0 Å². The molecule has 98 valence electrons. The van der Waals surface area contributed by atoms with Gasteiger partial charge < -0.3 is 10.4 Å². The monoisotopic (exact) mass is 240 g/mol. The van der Waals surface area contributed by atoms with Crippen molar-refractivity contribution in [2.45, 2.75) is 52.7 Å². The Bertz CT molecular complexity index is 324. The van der Waals surface area contributed by atoms with E-state index in [9.17, 15) is 5.11 Å². The molecule has 1 aromatic heterocycles. The van der Waals surface area contributed by atoms with E-state index in [1.807, 2.05) is 11.6 Å². The number of aromatic nitrogens is 3. The first-order valence-corrected chi connectivity index (χ1v) is 6.52. The van der Waals surface area contributed by atoms with Crippen molar-refractivity contribution in [1.82, 2.24) is 20.1 Å². The number of aryl methyl sites for hydroxylation is 2. The molecule has 0 radical (unpaired) electrons. The van der Waals surface area contributed by atoms with E-state index < -0.39 is 6.10 Å². The Morgan fingerprint density at radius 3 is 2.65 bits per heavy atom. The summed E-state index contributed by atoms with van der Waals surface area (Å²) >= 11 is 0. The average molecular weight is 240 g/mol. The van der Waals surface area contributed by atoms with E-state index >= 15 is 0 Å². The molecule has 0 fully saturated rings. The molecule has 5 heteroatoms. The second-order valence-corrected chi connectivity index (χ2v) is 4.19. The van der Waals surface area contributed by atoms with Crippen molar-refractivity contribution in [3.05, 3.63) is 11.6 Å². The van der Waals surface area contributed by atoms with Gasteiger partial charge in [-0.15, -0.1) is 0 Å². The number of nitrogens with one attached hydrogen (secondary N) is 1. The van der Waals surface area contributed by atoms with Crippen molar-refractivity contribution < 1.29 is 5.11 Å². The molecule has 0 aliphatic rings. The molecule has 0 aliphatic carbocycles. The van der Waals surface area contributed by atoms with Gasteiger partial charge in [0.15, 0.2) is 5.82 Å². The van der Waals surface area contributed by atoms with E-state index in [4.69, 9.17) is 0 Å². The van der Waals surface area contributed by atoms with Crippen LogP contribution in [0.5, 0.6) is 0 Å². The van der Waals surface area contributed by atoms with Crippen molar-refractivity contribution >= 4 is 0 Å². The van der Waals surface area contributed by atoms with E-state index in [-0.39, 0.29) is 0 Å². The fraction of sp³-hybridized carbons (Fsp3) is 0.833. The predicted molar refractivity (Wildman–Crippen MR) is 67.9 cm³/mol. The normalized spacial score (nSPS) is 12.9. The molecule has 0 aliphatic heterocycles. The van der Waals surface area contributed by atoms with E-state index in [0.29, 0.717) is 13.1 Å². The summed E-state index contributed by atoms with van der Waals surface area (Å²) in [7, 11) is 0. The lowest BCUT2D eigenvalue weighted by atomic mass is 10.3. The average Bonchev–Trinajstić information content (AvgIpc) is 2.71. The van der Waals surface area contributed by atoms with Crippen LogP contribution >= 0.6 is 0 Å². The van der Waals surface area contributed by atoms with Crippen LogP contribution in [0.4, 0.5) is 0 Å². The lowest BCUT2D eigenvalue weighted by Gasteiger charge is -2.12. The Kier molecular flexibility index (Phi) is 6.15. The van der Waals surface area contributed by atoms with E-state index in [1.165, 1.54) is 0 Å². The van der Waals surface area contributed by atoms with Crippen LogP contribution in [0, 0.1) is 0 Å². The Hall–Kier alpha value is -0.940. The van der Waals surface area contributed by atoms with Crippen molar-refractivity contribution in [3.8, 4) is 0 Å². The highest BCUT2D eigenvalue weighted by Crippen LogP contribution is 2.02. The van der Waals surface area contributed by atoms with Crippen LogP contribution < -0.4 is 5.32 Å². The number of hydrogen-bond acceptors (Lipinski definition) is 4. The Balaban J connectivity index is 2.51. The molecule has 1 atom stereocenters. The third-order valence-electron chi connectivity index (χ3n) is 2.62. The highest BCUT2D eigenvalue weighted by atomic mass is 16.3. The van der Waals surface area contributed by atoms with Gasteiger partial charge in [0, 0.05) is 19.4 Å². The van der Waals surface area contributed by atoms with Crippen LogP contribution in [0.3, 0.4) is 0 Å². The molecular formula is C12H24N4O. The summed E-state index contributed by atoms with van der Waals surface area (Å²) in [6.07, 6.45) is 2.36. The van der Waals surface area contributed by atoms with Gasteiger partial charge in [-0.2, -0.15) is 5.10 Å². The summed E-state index contributed by atoms with van der Waals surface area (Å²) in [5.41, 5.74) is 0. The van der Waals surface area contributed by atoms with Gasteiger partial charge in [0.1, 0.15) is 5.82 Å². The number of rotatable bonds is 8. The first kappa shape index (κ1) is 14.1. The highest BCUT2D eigenvalue weighted by molar-refractivity contribution is 4.93. The summed E-state index contributed by atoms with van der Waals surface area (Å²) in [5.74, 6) is 1.81. The Morgan fingerprint density at radius 2 is 2.06 bits per heavy atom. The SMILES string of the molecule is CCCNCC(O)Cn1nc(CC)nc1CC. The van der Waals surface area contributed by atoms with Crippen LogP contribution in [-0.2, 0) is 19.4 Å². The van der Waals surface area contributed by atoms with Crippen molar-refractivity contribution in [3.63, 3.8) is 0 Å². The van der Waals surface area contributed by atoms with Gasteiger partial charge in [0.05, 0.1) is 12.6 Å². The first-order valence-electron chi connectivity index (χ1n) is 6.52. The third-order valence-corrected chi connectivity index (χ3v) is 2.62. The van der Waals surface area contributed by atoms with Gasteiger partial charge in [0.25, 0.3) is 0 Å². The zero-order chi connectivity index (χ0) is 12.7. The van der Waals surface area contributed by atoms with E-state index in [2.05, 4.69) is 29.2 Å². The lowest BCUT2D eigenvalue weighted by Crippen LogP contribution is -2.31. The topological polar surface area (TPSA) is 63.0 Å². The van der Waals surface area contributed by atoms with Crippen molar-refractivity contribution in [2.24, 2.45) is 0 Å². The van der Waals surface area contributed by atoms with Gasteiger partial charge in [-0.05, 0) is 13.0 Å². The molecule has 0 amide bonds. The molecule has 0 saturated carbocycles. The molecule has 0 aromatic carbocycles. The molecule has 0 bridgehead atoms. The largest absolute Gasteiger partial charge is 0.390 e. The Labute approximate surface area is 103 Å². The smallest absolute Gasteiger partial charge is 0.150 e. The maximum atomic E-state index is 9.88. The zero-order valence-electron chi connectivity index (χ0n) is 11.1. The summed E-state index contributed by atoms with van der Waals surface area (Å²) in [6.45, 7) is 8.28. The third kappa shape index (κ3) is 4.44. The summed E-state index contributed by atoms with van der Waals surface area (Å²) in [4.78, 5) is 4.42. The van der Waals surface area contributed by atoms with Crippen molar-refractivity contribution in [2.75, 3.05) is 13.1 Å². The standard InChI is InChI=1S/C12H24N4O/c1-4-7-13-8-10(17)9-16-12(6-3)14-11(5-2)15-16/h10,13,17H,4-9H2,1-3H3. The van der Waals surface area contributed by atoms with E-state index in [0.717, 1.165) is 37.5 Å². The second-order valence-electron chi connectivity index (χ2n) is 4.19. The summed E-state index contributed by atoms with van der Waals surface area (Å²) in [5, 5.41) is 17.5. The maximum absolute atomic E-state index is 9.88. The van der Waals surface area contributed by atoms with E-state index in [1.54, 1.807) is 0 Å². The van der Waals surface area contributed by atoms with Crippen LogP contribution in [0.15, 0.2) is 0 Å². The summed E-state index contributed by atoms with van der Waals surface area (Å²) < 4.78 is 1.83. The minimum atomic E-state index is -0.404.